The van der Waals surface area contributed by atoms with Crippen LogP contribution in [0.5, 0.6) is 0 Å². The first-order valence-electron chi connectivity index (χ1n) is 34.9. The third-order valence-electron chi connectivity index (χ3n) is 20.1. The molecule has 0 spiro atoms. The first-order valence-corrected chi connectivity index (χ1v) is 36.1. The summed E-state index contributed by atoms with van der Waals surface area (Å²) in [5.74, 6) is -6.80. The molecule has 1 saturated heterocycles. The minimum atomic E-state index is -2.32. The number of hydrogen-bond acceptors (Lipinski definition) is 22. The SMILES string of the molecule is CO[C@H]1C(=O)[C@]2(C)[C@@H](OC)C[C@H]3OC[C@@]3(OC(C)=O)[C@H]2[C@H](OC(=O)c2ccccc2)[C@]2(O)C[C@H](OC(=O)[C@H](OC(=O)N(C)CCN(C)C(=O)OCc3ccc(NC(=O)[C@H](CCCNC(N)=O)NC(=O)[C@@H](NC(=O)CSCC(=O)C(C)C)C(C)C)cc3)[C@@H](NC(C)(C)C)c3ccccc3)C(C)=C1C2(C)C. The number of carbonyl (C=O) groups excluding carboxylic acids is 11. The zero-order chi connectivity index (χ0) is 77.0. The predicted octanol–water partition coefficient (Wildman–Crippen LogP) is 6.75. The van der Waals surface area contributed by atoms with Crippen LogP contribution in [0.1, 0.15) is 136 Å². The Hall–Kier alpha value is -8.48. The van der Waals surface area contributed by atoms with Crippen molar-refractivity contribution in [3.8, 4) is 0 Å². The van der Waals surface area contributed by atoms with Gasteiger partial charge < -0.3 is 85.1 Å². The number of carbonyl (C=O) groups is 11. The fourth-order valence-electron chi connectivity index (χ4n) is 14.3. The molecule has 29 heteroatoms. The van der Waals surface area contributed by atoms with Crippen LogP contribution >= 0.6 is 11.8 Å². The van der Waals surface area contributed by atoms with Crippen LogP contribution in [0.4, 0.5) is 20.1 Å². The molecule has 570 valence electrons. The summed E-state index contributed by atoms with van der Waals surface area (Å²) in [5, 5.41) is 28.3. The van der Waals surface area contributed by atoms with E-state index in [1.54, 1.807) is 128 Å². The molecule has 3 aliphatic carbocycles. The van der Waals surface area contributed by atoms with Gasteiger partial charge in [-0.15, -0.1) is 11.8 Å². The van der Waals surface area contributed by atoms with Gasteiger partial charge in [-0.3, -0.25) is 28.8 Å². The van der Waals surface area contributed by atoms with E-state index < -0.39 is 154 Å². The number of benzene rings is 3. The topological polar surface area (TPSA) is 374 Å². The van der Waals surface area contributed by atoms with E-state index in [1.807, 2.05) is 20.8 Å². The molecule has 13 atom stereocenters. The monoisotopic (exact) mass is 1470 g/mol. The van der Waals surface area contributed by atoms with E-state index in [9.17, 15) is 48.3 Å². The number of thioether (sulfide) groups is 1. The minimum Gasteiger partial charge on any atom is -0.455 e. The van der Waals surface area contributed by atoms with Crippen LogP contribution in [-0.2, 0) is 78.1 Å². The fraction of sp³-hybridized carbons (Fsp3) is 0.587. The number of ether oxygens (including phenoxy) is 8. The molecule has 1 aliphatic heterocycles. The second-order valence-electron chi connectivity index (χ2n) is 29.6. The normalized spacial score (nSPS) is 24.4. The van der Waals surface area contributed by atoms with Crippen molar-refractivity contribution in [2.24, 2.45) is 34.3 Å². The molecule has 7 amide bonds. The van der Waals surface area contributed by atoms with Gasteiger partial charge in [-0.1, -0.05) is 102 Å². The Kier molecular flexibility index (Phi) is 27.9. The molecule has 4 aliphatic rings. The number of esters is 3. The lowest BCUT2D eigenvalue weighted by Crippen LogP contribution is -2.82. The number of ketones is 2. The van der Waals surface area contributed by atoms with Crippen molar-refractivity contribution in [1.29, 1.82) is 0 Å². The number of fused-ring (bicyclic) bond motifs is 5. The average molecular weight is 1470 g/mol. The molecule has 2 saturated carbocycles. The average Bonchev–Trinajstić information content (AvgIpc) is 0.668. The van der Waals surface area contributed by atoms with Gasteiger partial charge in [0.15, 0.2) is 11.4 Å². The van der Waals surface area contributed by atoms with Crippen LogP contribution < -0.4 is 32.3 Å². The van der Waals surface area contributed by atoms with Gasteiger partial charge in [-0.2, -0.15) is 0 Å². The Bertz CT molecular complexity index is 3630. The number of Topliss-reactive ketones (excluding diaryl/α,β-unsaturated/α-hetero) is 2. The van der Waals surface area contributed by atoms with Crippen molar-refractivity contribution in [3.63, 3.8) is 0 Å². The van der Waals surface area contributed by atoms with Gasteiger partial charge in [0.05, 0.1) is 47.2 Å². The maximum Gasteiger partial charge on any atom is 0.410 e. The third kappa shape index (κ3) is 19.1. The molecule has 7 rings (SSSR count). The van der Waals surface area contributed by atoms with Crippen molar-refractivity contribution in [1.82, 2.24) is 31.1 Å². The Morgan fingerprint density at radius 2 is 1.43 bits per heavy atom. The van der Waals surface area contributed by atoms with Crippen LogP contribution in [-0.4, -0.2) is 212 Å². The van der Waals surface area contributed by atoms with Crippen molar-refractivity contribution in [2.45, 2.75) is 187 Å². The first kappa shape index (κ1) is 82.8. The molecule has 28 nitrogen and oxygen atoms in total. The second kappa shape index (κ2) is 35.1. The van der Waals surface area contributed by atoms with Crippen LogP contribution in [0, 0.1) is 28.6 Å². The van der Waals surface area contributed by atoms with E-state index in [0.29, 0.717) is 22.4 Å². The van der Waals surface area contributed by atoms with Gasteiger partial charge in [0.2, 0.25) is 23.8 Å². The summed E-state index contributed by atoms with van der Waals surface area (Å²) in [6, 6.07) is 19.1. The third-order valence-corrected chi connectivity index (χ3v) is 21.1. The highest BCUT2D eigenvalue weighted by Gasteiger charge is 2.78. The standard InChI is InChI=1S/C75H104N8O20S/c1-42(2)51(85)39-104-40-55(86)80-57(43(3)4)65(89)79-50(28-23-33-77-68(76)92)64(88)78-49-31-29-46(30-32-49)38-98-69(93)82(13)34-35-83(14)70(94)101-60(58(81-71(7,8)9)47-24-19-17-20-25-47)67(91)100-52-37-75(95)63(102-66(90)48-26-21-18-22-27-48)61-73(12,62(87)59(97-16)56(44(52)5)72(75,10)11)53(96-15)36-54-74(61,41-99-54)103-45(6)84/h17-22,24-27,29-32,42-43,50,52-54,57-61,63,81,95H,23,28,33-41H2,1-16H3,(H,78,88)(H,79,89)(H,80,86)(H3,76,77,92)/t50-,52-,53-,54+,57-,58-,59+,60+,61-,63-,73+,74-,75+/m0/s1. The summed E-state index contributed by atoms with van der Waals surface area (Å²) < 4.78 is 50.0. The van der Waals surface area contributed by atoms with E-state index in [2.05, 4.69) is 26.6 Å². The molecule has 1 heterocycles. The van der Waals surface area contributed by atoms with Crippen LogP contribution in [0.15, 0.2) is 96.1 Å². The number of anilines is 1. The van der Waals surface area contributed by atoms with Gasteiger partial charge >= 0.3 is 36.1 Å². The van der Waals surface area contributed by atoms with Crippen LogP contribution in [0.25, 0.3) is 0 Å². The van der Waals surface area contributed by atoms with Crippen molar-refractivity contribution in [3.05, 3.63) is 113 Å². The summed E-state index contributed by atoms with van der Waals surface area (Å²) in [6.07, 6.45) is -10.2. The summed E-state index contributed by atoms with van der Waals surface area (Å²) >= 11 is 1.14. The number of hydrogen-bond donors (Lipinski definition) is 7. The molecular weight excluding hydrogens is 1360 g/mol. The second-order valence-corrected chi connectivity index (χ2v) is 30.6. The summed E-state index contributed by atoms with van der Waals surface area (Å²) in [5.41, 5.74) is -0.799. The molecule has 0 aromatic heterocycles. The summed E-state index contributed by atoms with van der Waals surface area (Å²) in [6.45, 7) is 19.9. The lowest BCUT2D eigenvalue weighted by Gasteiger charge is -2.67. The largest absolute Gasteiger partial charge is 0.455 e. The highest BCUT2D eigenvalue weighted by Crippen LogP contribution is 2.65. The highest BCUT2D eigenvalue weighted by molar-refractivity contribution is 8.00. The van der Waals surface area contributed by atoms with Crippen molar-refractivity contribution in [2.75, 3.05) is 71.4 Å². The van der Waals surface area contributed by atoms with E-state index in [-0.39, 0.29) is 92.4 Å². The number of nitrogens with two attached hydrogens (primary N) is 1. The van der Waals surface area contributed by atoms with E-state index in [4.69, 9.17) is 43.6 Å². The van der Waals surface area contributed by atoms with Crippen molar-refractivity contribution >= 4 is 82.9 Å². The quantitative estimate of drug-likeness (QED) is 0.0152. The van der Waals surface area contributed by atoms with Gasteiger partial charge in [-0.25, -0.2) is 24.0 Å². The van der Waals surface area contributed by atoms with Gasteiger partial charge in [0, 0.05) is 90.3 Å². The number of nitrogens with one attached hydrogen (secondary N) is 5. The first-order chi connectivity index (χ1) is 48.8. The number of amides is 7. The Morgan fingerprint density at radius 1 is 0.808 bits per heavy atom. The number of urea groups is 1. The fourth-order valence-corrected chi connectivity index (χ4v) is 15.2. The lowest BCUT2D eigenvalue weighted by molar-refractivity contribution is -0.347. The maximum atomic E-state index is 16.0. The number of aliphatic hydroxyl groups is 1. The van der Waals surface area contributed by atoms with Crippen LogP contribution in [0.2, 0.25) is 0 Å². The lowest BCUT2D eigenvalue weighted by atomic mass is 9.44. The predicted molar refractivity (Wildman–Crippen MR) is 384 cm³/mol. The van der Waals surface area contributed by atoms with E-state index in [1.165, 1.54) is 52.3 Å². The number of primary amides is 1. The van der Waals surface area contributed by atoms with Gasteiger partial charge in [-0.05, 0) is 99.9 Å². The molecular formula is C75H104N8O20S. The summed E-state index contributed by atoms with van der Waals surface area (Å²) in [7, 11) is 5.63. The molecule has 3 aromatic carbocycles. The number of nitrogens with zero attached hydrogens (tertiary/aromatic N) is 2. The zero-order valence-electron chi connectivity index (χ0n) is 62.4. The Balaban J connectivity index is 1.09. The van der Waals surface area contributed by atoms with Crippen molar-refractivity contribution < 1.29 is 95.7 Å². The Labute approximate surface area is 612 Å². The smallest absolute Gasteiger partial charge is 0.410 e. The number of rotatable bonds is 31. The van der Waals surface area contributed by atoms with E-state index >= 15 is 9.59 Å². The number of methoxy groups -OCH3 is 2. The molecule has 0 unspecified atom stereocenters. The molecule has 2 bridgehead atoms. The van der Waals surface area contributed by atoms with Gasteiger partial charge in [0.1, 0.15) is 54.5 Å². The summed E-state index contributed by atoms with van der Waals surface area (Å²) in [4.78, 5) is 154. The zero-order valence-corrected chi connectivity index (χ0v) is 63.2. The molecule has 8 N–H and O–H groups in total. The molecule has 3 aromatic rings. The minimum absolute atomic E-state index is 0.0118. The van der Waals surface area contributed by atoms with E-state index in [0.717, 1.165) is 16.7 Å². The highest BCUT2D eigenvalue weighted by atomic mass is 32.2. The number of likely N-dealkylation sites (N-methyl/N-ethyl adjacent to an activating group) is 2. The Morgan fingerprint density at radius 3 is 1.99 bits per heavy atom. The maximum absolute atomic E-state index is 16.0. The molecule has 3 fully saturated rings. The molecule has 0 radical (unpaired) electrons. The van der Waals surface area contributed by atoms with Gasteiger partial charge in [0.25, 0.3) is 0 Å². The van der Waals surface area contributed by atoms with Crippen LogP contribution in [0.3, 0.4) is 0 Å². The molecule has 104 heavy (non-hydrogen) atoms.